The monoisotopic (exact) mass is 602 g/mol. The Balaban J connectivity index is 0.000000215. The first-order valence-corrected chi connectivity index (χ1v) is 15.6. The van der Waals surface area contributed by atoms with E-state index in [4.69, 9.17) is 5.26 Å². The van der Waals surface area contributed by atoms with Gasteiger partial charge in [-0.3, -0.25) is 4.79 Å². The second kappa shape index (κ2) is 11.8. The summed E-state index contributed by atoms with van der Waals surface area (Å²) in [5.74, 6) is -2.62. The van der Waals surface area contributed by atoms with E-state index >= 15 is 0 Å². The molecule has 3 aromatic rings. The molecule has 224 valence electrons. The van der Waals surface area contributed by atoms with Crippen molar-refractivity contribution in [2.24, 2.45) is 5.92 Å². The zero-order valence-electron chi connectivity index (χ0n) is 22.8. The third-order valence-electron chi connectivity index (χ3n) is 7.85. The van der Waals surface area contributed by atoms with Gasteiger partial charge in [-0.05, 0) is 55.5 Å². The Morgan fingerprint density at radius 2 is 1.67 bits per heavy atom. The highest BCUT2D eigenvalue weighted by atomic mass is 32.2. The Hall–Kier alpha value is -3.92. The average molecular weight is 603 g/mol. The molecule has 13 heteroatoms. The van der Waals surface area contributed by atoms with Crippen molar-refractivity contribution in [2.45, 2.75) is 50.0 Å². The van der Waals surface area contributed by atoms with Gasteiger partial charge in [0, 0.05) is 50.7 Å². The molecule has 42 heavy (non-hydrogen) atoms. The van der Waals surface area contributed by atoms with Crippen molar-refractivity contribution in [3.8, 4) is 23.0 Å². The van der Waals surface area contributed by atoms with Gasteiger partial charge in [0.05, 0.1) is 30.0 Å². The fourth-order valence-corrected chi connectivity index (χ4v) is 6.17. The van der Waals surface area contributed by atoms with Gasteiger partial charge in [0.1, 0.15) is 11.4 Å². The predicted octanol–water partition coefficient (Wildman–Crippen LogP) is 4.54. The zero-order chi connectivity index (χ0) is 30.0. The van der Waals surface area contributed by atoms with E-state index in [1.807, 2.05) is 30.5 Å². The molecule has 0 bridgehead atoms. The Kier molecular flexibility index (Phi) is 8.28. The number of benzene rings is 1. The van der Waals surface area contributed by atoms with Crippen molar-refractivity contribution in [2.75, 3.05) is 29.5 Å². The number of amides is 1. The van der Waals surface area contributed by atoms with Crippen molar-refractivity contribution in [1.82, 2.24) is 20.1 Å². The number of carbonyl (C=O) groups is 1. The van der Waals surface area contributed by atoms with Crippen LogP contribution in [0, 0.1) is 23.1 Å². The lowest BCUT2D eigenvalue weighted by molar-refractivity contribution is -0.129. The van der Waals surface area contributed by atoms with Crippen LogP contribution in [0.1, 0.15) is 40.0 Å². The number of nitriles is 1. The molecule has 1 saturated heterocycles. The van der Waals surface area contributed by atoms with Gasteiger partial charge in [0.25, 0.3) is 0 Å². The van der Waals surface area contributed by atoms with E-state index in [0.29, 0.717) is 31.7 Å². The minimum atomic E-state index is -2.88. The Labute approximate surface area is 243 Å². The zero-order valence-corrected chi connectivity index (χ0v) is 23.7. The number of halogens is 3. The minimum absolute atomic E-state index is 0. The molecular formula is C29H33F3N6O3S. The second-order valence-corrected chi connectivity index (χ2v) is 13.3. The fraction of sp³-hybridized carbons (Fsp3) is 0.448. The molecule has 0 atom stereocenters. The van der Waals surface area contributed by atoms with Crippen molar-refractivity contribution >= 4 is 21.4 Å². The van der Waals surface area contributed by atoms with Gasteiger partial charge in [-0.25, -0.2) is 31.3 Å². The maximum absolute atomic E-state index is 13.0. The normalized spacial score (nSPS) is 20.5. The number of anilines is 1. The SMILES string of the molecule is N#CC1(NC(=O)C2CCC(F)(F)CC2)CC1.O=S1(=O)CCN(c2ccc(-c3cnn(-c4ccc(F)cn4)c3)cc2)CC1.[HH]. The lowest BCUT2D eigenvalue weighted by Crippen LogP contribution is -2.42. The summed E-state index contributed by atoms with van der Waals surface area (Å²) in [6.45, 7) is 1.05. The molecule has 6 rings (SSSR count). The van der Waals surface area contributed by atoms with E-state index in [1.165, 1.54) is 6.07 Å². The van der Waals surface area contributed by atoms with Gasteiger partial charge in [0.2, 0.25) is 11.8 Å². The molecule has 2 aromatic heterocycles. The topological polar surface area (TPSA) is 121 Å². The molecular weight excluding hydrogens is 569 g/mol. The van der Waals surface area contributed by atoms with Gasteiger partial charge >= 0.3 is 0 Å². The molecule has 3 fully saturated rings. The quantitative estimate of drug-likeness (QED) is 0.455. The number of hydrogen-bond acceptors (Lipinski definition) is 7. The summed E-state index contributed by atoms with van der Waals surface area (Å²) in [6.07, 6.45) is 6.09. The summed E-state index contributed by atoms with van der Waals surface area (Å²) in [4.78, 5) is 17.8. The summed E-state index contributed by atoms with van der Waals surface area (Å²) >= 11 is 0. The third-order valence-corrected chi connectivity index (χ3v) is 9.46. The van der Waals surface area contributed by atoms with Crippen LogP contribution in [0.15, 0.2) is 55.0 Å². The van der Waals surface area contributed by atoms with Gasteiger partial charge < -0.3 is 10.2 Å². The van der Waals surface area contributed by atoms with Gasteiger partial charge in [-0.2, -0.15) is 10.4 Å². The molecule has 1 aromatic carbocycles. The number of aromatic nitrogens is 3. The van der Waals surface area contributed by atoms with E-state index in [2.05, 4.69) is 26.4 Å². The molecule has 1 aliphatic heterocycles. The number of sulfone groups is 1. The van der Waals surface area contributed by atoms with Crippen molar-refractivity contribution in [3.63, 3.8) is 0 Å². The summed E-state index contributed by atoms with van der Waals surface area (Å²) in [5, 5.41) is 15.7. The predicted molar refractivity (Wildman–Crippen MR) is 152 cm³/mol. The summed E-state index contributed by atoms with van der Waals surface area (Å²) in [5.41, 5.74) is 2.24. The van der Waals surface area contributed by atoms with E-state index < -0.39 is 21.3 Å². The first kappa shape index (κ1) is 29.6. The molecule has 9 nitrogen and oxygen atoms in total. The minimum Gasteiger partial charge on any atom is -0.369 e. The number of nitrogens with zero attached hydrogens (tertiary/aromatic N) is 5. The van der Waals surface area contributed by atoms with Crippen molar-refractivity contribution < 1.29 is 27.8 Å². The van der Waals surface area contributed by atoms with E-state index in [9.17, 15) is 26.4 Å². The first-order chi connectivity index (χ1) is 20.0. The van der Waals surface area contributed by atoms with Crippen LogP contribution in [-0.2, 0) is 14.6 Å². The highest BCUT2D eigenvalue weighted by molar-refractivity contribution is 7.91. The molecule has 3 aliphatic rings. The van der Waals surface area contributed by atoms with Gasteiger partial charge in [-0.15, -0.1) is 0 Å². The molecule has 2 aliphatic carbocycles. The van der Waals surface area contributed by atoms with E-state index in [1.54, 1.807) is 16.9 Å². The van der Waals surface area contributed by atoms with Crippen molar-refractivity contribution in [1.29, 1.82) is 5.26 Å². The van der Waals surface area contributed by atoms with E-state index in [-0.39, 0.29) is 56.3 Å². The molecule has 2 saturated carbocycles. The Bertz CT molecular complexity index is 1550. The Morgan fingerprint density at radius 3 is 2.24 bits per heavy atom. The number of rotatable bonds is 5. The molecule has 1 amide bonds. The fourth-order valence-electron chi connectivity index (χ4n) is 4.97. The first-order valence-electron chi connectivity index (χ1n) is 13.8. The highest BCUT2D eigenvalue weighted by Gasteiger charge is 2.46. The van der Waals surface area contributed by atoms with Crippen LogP contribution in [-0.4, -0.2) is 65.1 Å². The van der Waals surface area contributed by atoms with Crippen LogP contribution in [0.4, 0.5) is 18.9 Å². The van der Waals surface area contributed by atoms with Crippen LogP contribution in [0.5, 0.6) is 0 Å². The summed E-state index contributed by atoms with van der Waals surface area (Å²) in [7, 11) is -2.88. The molecule has 0 spiro atoms. The van der Waals surface area contributed by atoms with Gasteiger partial charge in [-0.1, -0.05) is 12.1 Å². The van der Waals surface area contributed by atoms with Crippen LogP contribution >= 0.6 is 0 Å². The number of alkyl halides is 2. The molecule has 3 heterocycles. The van der Waals surface area contributed by atoms with Crippen LogP contribution in [0.25, 0.3) is 16.9 Å². The number of hydrogen-bond donors (Lipinski definition) is 1. The van der Waals surface area contributed by atoms with Crippen molar-refractivity contribution in [3.05, 3.63) is 60.8 Å². The molecule has 1 N–H and O–H groups in total. The third kappa shape index (κ3) is 7.28. The highest BCUT2D eigenvalue weighted by Crippen LogP contribution is 2.38. The maximum Gasteiger partial charge on any atom is 0.248 e. The average Bonchev–Trinajstić information content (AvgIpc) is 3.57. The molecule has 0 unspecified atom stereocenters. The largest absolute Gasteiger partial charge is 0.369 e. The summed E-state index contributed by atoms with van der Waals surface area (Å²) in [6, 6.07) is 12.9. The number of pyridine rings is 1. The van der Waals surface area contributed by atoms with Crippen LogP contribution in [0.3, 0.4) is 0 Å². The van der Waals surface area contributed by atoms with Crippen LogP contribution < -0.4 is 10.2 Å². The molecule has 0 radical (unpaired) electrons. The standard InChI is InChI=1S/C18H17FN4O2S.C11H14F2N2O.H2/c19-16-3-6-18(20-12-16)23-13-15(11-21-23)14-1-4-17(5-2-14)22-7-9-26(24,25)10-8-22;12-11(13)3-1-8(2-4-11)9(16)15-10(7-14)5-6-10;/h1-6,11-13H,7-10H2;8H,1-6H2,(H,15,16);1H. The number of nitrogens with one attached hydrogen (secondary N) is 1. The number of carbonyl (C=O) groups excluding carboxylic acids is 1. The lowest BCUT2D eigenvalue weighted by Gasteiger charge is -2.28. The van der Waals surface area contributed by atoms with Crippen LogP contribution in [0.2, 0.25) is 0 Å². The smallest absolute Gasteiger partial charge is 0.248 e. The van der Waals surface area contributed by atoms with Gasteiger partial charge in [0.15, 0.2) is 15.7 Å². The maximum atomic E-state index is 13.0. The van der Waals surface area contributed by atoms with E-state index in [0.717, 1.165) is 23.0 Å². The summed E-state index contributed by atoms with van der Waals surface area (Å²) < 4.78 is 63.4. The second-order valence-electron chi connectivity index (χ2n) is 11.0. The Morgan fingerprint density at radius 1 is 1.00 bits per heavy atom. The lowest BCUT2D eigenvalue weighted by atomic mass is 9.86.